The summed E-state index contributed by atoms with van der Waals surface area (Å²) in [5.41, 5.74) is 0. The molecule has 0 unspecified atom stereocenters. The van der Waals surface area contributed by atoms with Crippen LogP contribution in [0.25, 0.3) is 0 Å². The van der Waals surface area contributed by atoms with Crippen LogP contribution in [0.1, 0.15) is 39.5 Å². The Kier molecular flexibility index (Phi) is 5.44. The van der Waals surface area contributed by atoms with Crippen molar-refractivity contribution in [1.82, 2.24) is 4.90 Å². The van der Waals surface area contributed by atoms with Gasteiger partial charge in [0, 0.05) is 19.1 Å². The van der Waals surface area contributed by atoms with Gasteiger partial charge in [0.1, 0.15) is 6.10 Å². The van der Waals surface area contributed by atoms with E-state index in [1.54, 1.807) is 7.11 Å². The van der Waals surface area contributed by atoms with Gasteiger partial charge < -0.3 is 14.2 Å². The van der Waals surface area contributed by atoms with E-state index in [1.807, 2.05) is 24.3 Å². The fourth-order valence-corrected chi connectivity index (χ4v) is 3.67. The number of rotatable bonds is 6. The monoisotopic (exact) mass is 319 g/mol. The minimum absolute atomic E-state index is 0.288. The molecule has 1 heterocycles. The SMILES string of the molecule is COc1ccccc1OC1CN(C2CCC(OC(C)C)CC2)C1. The molecule has 0 bridgehead atoms. The summed E-state index contributed by atoms with van der Waals surface area (Å²) < 4.78 is 17.4. The Morgan fingerprint density at radius 3 is 2.22 bits per heavy atom. The lowest BCUT2D eigenvalue weighted by molar-refractivity contribution is -0.0558. The van der Waals surface area contributed by atoms with Crippen molar-refractivity contribution in [2.75, 3.05) is 20.2 Å². The fraction of sp³-hybridized carbons (Fsp3) is 0.684. The first kappa shape index (κ1) is 16.6. The molecule has 1 aromatic rings. The second-order valence-electron chi connectivity index (χ2n) is 6.96. The number of para-hydroxylation sites is 2. The van der Waals surface area contributed by atoms with Crippen LogP contribution in [0.2, 0.25) is 0 Å². The summed E-state index contributed by atoms with van der Waals surface area (Å²) in [4.78, 5) is 2.56. The van der Waals surface area contributed by atoms with Crippen molar-refractivity contribution in [3.8, 4) is 11.5 Å². The van der Waals surface area contributed by atoms with E-state index in [2.05, 4.69) is 18.7 Å². The molecular weight excluding hydrogens is 290 g/mol. The van der Waals surface area contributed by atoms with E-state index in [-0.39, 0.29) is 6.10 Å². The first-order valence-corrected chi connectivity index (χ1v) is 8.85. The van der Waals surface area contributed by atoms with E-state index >= 15 is 0 Å². The van der Waals surface area contributed by atoms with Crippen LogP contribution in [0.3, 0.4) is 0 Å². The number of hydrogen-bond acceptors (Lipinski definition) is 4. The van der Waals surface area contributed by atoms with E-state index in [9.17, 15) is 0 Å². The van der Waals surface area contributed by atoms with Gasteiger partial charge in [-0.25, -0.2) is 0 Å². The molecule has 1 saturated carbocycles. The average Bonchev–Trinajstić information content (AvgIpc) is 2.51. The summed E-state index contributed by atoms with van der Waals surface area (Å²) in [7, 11) is 1.69. The summed E-state index contributed by atoms with van der Waals surface area (Å²) in [5, 5.41) is 0. The zero-order valence-corrected chi connectivity index (χ0v) is 14.5. The zero-order chi connectivity index (χ0) is 16.2. The number of ether oxygens (including phenoxy) is 3. The van der Waals surface area contributed by atoms with E-state index in [4.69, 9.17) is 14.2 Å². The predicted octanol–water partition coefficient (Wildman–Crippen LogP) is 3.49. The molecule has 0 amide bonds. The van der Waals surface area contributed by atoms with Gasteiger partial charge in [0.05, 0.1) is 19.3 Å². The summed E-state index contributed by atoms with van der Waals surface area (Å²) in [5.74, 6) is 1.67. The van der Waals surface area contributed by atoms with Crippen LogP contribution in [0.4, 0.5) is 0 Å². The normalized spacial score (nSPS) is 26.1. The third-order valence-electron chi connectivity index (χ3n) is 4.86. The zero-order valence-electron chi connectivity index (χ0n) is 14.5. The molecule has 4 heteroatoms. The molecule has 0 aromatic heterocycles. The van der Waals surface area contributed by atoms with Crippen molar-refractivity contribution in [3.05, 3.63) is 24.3 Å². The largest absolute Gasteiger partial charge is 0.493 e. The van der Waals surface area contributed by atoms with Crippen LogP contribution in [0.5, 0.6) is 11.5 Å². The maximum atomic E-state index is 6.08. The van der Waals surface area contributed by atoms with Crippen molar-refractivity contribution in [1.29, 1.82) is 0 Å². The van der Waals surface area contributed by atoms with Crippen molar-refractivity contribution >= 4 is 0 Å². The lowest BCUT2D eigenvalue weighted by Crippen LogP contribution is -2.58. The molecular formula is C19H29NO3. The van der Waals surface area contributed by atoms with Gasteiger partial charge >= 0.3 is 0 Å². The Balaban J connectivity index is 1.41. The Bertz CT molecular complexity index is 491. The highest BCUT2D eigenvalue weighted by Crippen LogP contribution is 2.32. The molecule has 3 rings (SSSR count). The minimum Gasteiger partial charge on any atom is -0.493 e. The Labute approximate surface area is 139 Å². The number of benzene rings is 1. The molecule has 0 N–H and O–H groups in total. The van der Waals surface area contributed by atoms with Gasteiger partial charge in [0.15, 0.2) is 11.5 Å². The quantitative estimate of drug-likeness (QED) is 0.803. The van der Waals surface area contributed by atoms with Crippen LogP contribution >= 0.6 is 0 Å². The van der Waals surface area contributed by atoms with Gasteiger partial charge in [0.2, 0.25) is 0 Å². The molecule has 2 aliphatic rings. The summed E-state index contributed by atoms with van der Waals surface area (Å²) >= 11 is 0. The summed E-state index contributed by atoms with van der Waals surface area (Å²) in [6, 6.07) is 8.60. The maximum absolute atomic E-state index is 6.08. The van der Waals surface area contributed by atoms with Crippen LogP contribution in [-0.4, -0.2) is 49.5 Å². The van der Waals surface area contributed by atoms with Crippen molar-refractivity contribution in [2.24, 2.45) is 0 Å². The highest BCUT2D eigenvalue weighted by atomic mass is 16.5. The molecule has 2 fully saturated rings. The molecule has 4 nitrogen and oxygen atoms in total. The van der Waals surface area contributed by atoms with Gasteiger partial charge in [-0.15, -0.1) is 0 Å². The van der Waals surface area contributed by atoms with Crippen LogP contribution < -0.4 is 9.47 Å². The average molecular weight is 319 g/mol. The third-order valence-corrected chi connectivity index (χ3v) is 4.86. The van der Waals surface area contributed by atoms with Gasteiger partial charge in [0.25, 0.3) is 0 Å². The van der Waals surface area contributed by atoms with E-state index in [1.165, 1.54) is 25.7 Å². The first-order chi connectivity index (χ1) is 11.2. The molecule has 1 aromatic carbocycles. The van der Waals surface area contributed by atoms with Gasteiger partial charge in [-0.1, -0.05) is 12.1 Å². The molecule has 1 aliphatic carbocycles. The summed E-state index contributed by atoms with van der Waals surface area (Å²) in [6.45, 7) is 6.31. The van der Waals surface area contributed by atoms with Crippen LogP contribution in [0, 0.1) is 0 Å². The standard InChI is InChI=1S/C19H29NO3/c1-14(2)22-16-10-8-15(9-11-16)20-12-17(13-20)23-19-7-5-4-6-18(19)21-3/h4-7,14-17H,8-13H2,1-3H3. The Morgan fingerprint density at radius 1 is 0.957 bits per heavy atom. The van der Waals surface area contributed by atoms with Crippen molar-refractivity contribution in [2.45, 2.75) is 63.9 Å². The molecule has 0 atom stereocenters. The topological polar surface area (TPSA) is 30.9 Å². The fourth-order valence-electron chi connectivity index (χ4n) is 3.67. The lowest BCUT2D eigenvalue weighted by atomic mass is 9.89. The number of methoxy groups -OCH3 is 1. The smallest absolute Gasteiger partial charge is 0.161 e. The highest BCUT2D eigenvalue weighted by Gasteiger charge is 2.36. The predicted molar refractivity (Wildman–Crippen MR) is 91.2 cm³/mol. The number of likely N-dealkylation sites (tertiary alicyclic amines) is 1. The molecule has 1 saturated heterocycles. The van der Waals surface area contributed by atoms with Crippen molar-refractivity contribution < 1.29 is 14.2 Å². The number of nitrogens with zero attached hydrogens (tertiary/aromatic N) is 1. The maximum Gasteiger partial charge on any atom is 0.161 e. The van der Waals surface area contributed by atoms with Crippen LogP contribution in [0.15, 0.2) is 24.3 Å². The molecule has 128 valence electrons. The van der Waals surface area contributed by atoms with Gasteiger partial charge in [-0.2, -0.15) is 0 Å². The van der Waals surface area contributed by atoms with E-state index in [0.717, 1.165) is 24.6 Å². The Morgan fingerprint density at radius 2 is 1.61 bits per heavy atom. The third kappa shape index (κ3) is 4.18. The van der Waals surface area contributed by atoms with E-state index < -0.39 is 0 Å². The second kappa shape index (κ2) is 7.54. The molecule has 23 heavy (non-hydrogen) atoms. The lowest BCUT2D eigenvalue weighted by Gasteiger charge is -2.46. The molecule has 1 aliphatic heterocycles. The van der Waals surface area contributed by atoms with Gasteiger partial charge in [-0.05, 0) is 51.7 Å². The highest BCUT2D eigenvalue weighted by molar-refractivity contribution is 5.39. The molecule has 0 radical (unpaired) electrons. The Hall–Kier alpha value is -1.26. The minimum atomic E-state index is 0.288. The van der Waals surface area contributed by atoms with Crippen LogP contribution in [-0.2, 0) is 4.74 Å². The van der Waals surface area contributed by atoms with E-state index in [0.29, 0.717) is 18.2 Å². The molecule has 0 spiro atoms. The van der Waals surface area contributed by atoms with Gasteiger partial charge in [-0.3, -0.25) is 4.90 Å². The summed E-state index contributed by atoms with van der Waals surface area (Å²) in [6.07, 6.45) is 5.98. The number of hydrogen-bond donors (Lipinski definition) is 0. The first-order valence-electron chi connectivity index (χ1n) is 8.85. The van der Waals surface area contributed by atoms with Crippen molar-refractivity contribution in [3.63, 3.8) is 0 Å². The second-order valence-corrected chi connectivity index (χ2v) is 6.96.